The fourth-order valence-electron chi connectivity index (χ4n) is 5.82. The lowest BCUT2D eigenvalue weighted by Crippen LogP contribution is -2.49. The van der Waals surface area contributed by atoms with E-state index < -0.39 is 40.7 Å². The van der Waals surface area contributed by atoms with Crippen molar-refractivity contribution in [2.24, 2.45) is 11.8 Å². The molecule has 0 N–H and O–H groups in total. The van der Waals surface area contributed by atoms with Crippen LogP contribution in [0.15, 0.2) is 71.2 Å². The predicted octanol–water partition coefficient (Wildman–Crippen LogP) is 5.59. The number of amides is 2. The molecular formula is C28H19BrClN3O5. The largest absolute Gasteiger partial charge is 0.352 e. The van der Waals surface area contributed by atoms with Crippen LogP contribution in [-0.2, 0) is 9.59 Å². The number of carbonyl (C=O) groups excluding carboxylic acids is 3. The van der Waals surface area contributed by atoms with Gasteiger partial charge in [0.25, 0.3) is 5.69 Å². The highest BCUT2D eigenvalue weighted by atomic mass is 79.9. The molecule has 0 spiro atoms. The maximum absolute atomic E-state index is 14.1. The Kier molecular flexibility index (Phi) is 5.73. The number of hydrogen-bond donors (Lipinski definition) is 0. The van der Waals surface area contributed by atoms with E-state index in [-0.39, 0.29) is 17.2 Å². The summed E-state index contributed by atoms with van der Waals surface area (Å²) < 4.78 is 0.802. The van der Waals surface area contributed by atoms with E-state index in [9.17, 15) is 24.5 Å². The van der Waals surface area contributed by atoms with Gasteiger partial charge in [-0.25, -0.2) is 4.90 Å². The fraction of sp³-hybridized carbons (Fsp3) is 0.179. The number of benzene rings is 3. The average Bonchev–Trinajstić information content (AvgIpc) is 3.36. The third-order valence-electron chi connectivity index (χ3n) is 7.51. The number of anilines is 2. The molecule has 3 heterocycles. The number of nitro groups is 1. The van der Waals surface area contributed by atoms with E-state index in [1.807, 2.05) is 17.1 Å². The molecule has 190 valence electrons. The van der Waals surface area contributed by atoms with Gasteiger partial charge in [0.05, 0.1) is 28.5 Å². The smallest absolute Gasteiger partial charge is 0.271 e. The molecule has 0 saturated carbocycles. The zero-order valence-corrected chi connectivity index (χ0v) is 22.2. The summed E-state index contributed by atoms with van der Waals surface area (Å²) in [6.45, 7) is 1.69. The van der Waals surface area contributed by atoms with Crippen molar-refractivity contribution in [1.82, 2.24) is 0 Å². The molecule has 0 unspecified atom stereocenters. The number of halogens is 2. The van der Waals surface area contributed by atoms with Crippen LogP contribution in [0.3, 0.4) is 0 Å². The van der Waals surface area contributed by atoms with Gasteiger partial charge in [-0.1, -0.05) is 57.9 Å². The Bertz CT molecular complexity index is 1590. The van der Waals surface area contributed by atoms with Crippen molar-refractivity contribution in [3.05, 3.63) is 103 Å². The molecule has 0 aliphatic carbocycles. The minimum atomic E-state index is -0.978. The van der Waals surface area contributed by atoms with Crippen molar-refractivity contribution in [3.8, 4) is 0 Å². The third kappa shape index (κ3) is 3.60. The first-order valence-corrected chi connectivity index (χ1v) is 13.0. The predicted molar refractivity (Wildman–Crippen MR) is 146 cm³/mol. The molecule has 2 amide bonds. The Hall–Kier alpha value is -3.82. The average molecular weight is 593 g/mol. The van der Waals surface area contributed by atoms with E-state index >= 15 is 0 Å². The van der Waals surface area contributed by atoms with E-state index in [1.165, 1.54) is 18.2 Å². The highest BCUT2D eigenvalue weighted by Crippen LogP contribution is 2.50. The van der Waals surface area contributed by atoms with Gasteiger partial charge in [-0.05, 0) is 48.4 Å². The maximum Gasteiger partial charge on any atom is 0.271 e. The molecule has 6 rings (SSSR count). The Morgan fingerprint density at radius 2 is 1.68 bits per heavy atom. The fourth-order valence-corrected chi connectivity index (χ4v) is 6.26. The Morgan fingerprint density at radius 3 is 2.39 bits per heavy atom. The molecule has 4 atom stereocenters. The summed E-state index contributed by atoms with van der Waals surface area (Å²) in [5.41, 5.74) is 2.39. The number of aryl methyl sites for hydroxylation is 1. The van der Waals surface area contributed by atoms with Gasteiger partial charge in [0, 0.05) is 32.9 Å². The van der Waals surface area contributed by atoms with Crippen LogP contribution in [0, 0.1) is 28.9 Å². The van der Waals surface area contributed by atoms with Gasteiger partial charge in [-0.2, -0.15) is 0 Å². The second-order valence-electron chi connectivity index (χ2n) is 9.57. The number of nitro benzene ring substituents is 1. The summed E-state index contributed by atoms with van der Waals surface area (Å²) in [6, 6.07) is 14.7. The summed E-state index contributed by atoms with van der Waals surface area (Å²) in [4.78, 5) is 55.8. The quantitative estimate of drug-likeness (QED) is 0.169. The standard InChI is InChI=1S/C28H19BrClN3O5/c1-14-2-9-19(33(37)38)13-22(14)32-27(35)23-21-10-5-16-12-18(30)8-11-20(16)31(21)25(24(23)28(32)36)26(34)15-3-6-17(29)7-4-15/h2-13,21,23-25H,1H3/t21-,23+,24+,25+/m1/s1. The van der Waals surface area contributed by atoms with Crippen molar-refractivity contribution in [2.75, 3.05) is 9.80 Å². The van der Waals surface area contributed by atoms with Crippen LogP contribution in [-0.4, -0.2) is 34.6 Å². The molecule has 8 nitrogen and oxygen atoms in total. The first kappa shape index (κ1) is 24.5. The molecule has 0 bridgehead atoms. The molecule has 38 heavy (non-hydrogen) atoms. The SMILES string of the molecule is Cc1ccc([N+](=O)[O-])cc1N1C(=O)[C@@H]2[C@H](C1=O)[C@@H](C(=O)c1ccc(Br)cc1)N1c3ccc(Cl)cc3C=C[C@H]21. The van der Waals surface area contributed by atoms with Gasteiger partial charge >= 0.3 is 0 Å². The Morgan fingerprint density at radius 1 is 0.974 bits per heavy atom. The summed E-state index contributed by atoms with van der Waals surface area (Å²) in [6.07, 6.45) is 3.69. The van der Waals surface area contributed by atoms with E-state index in [4.69, 9.17) is 11.6 Å². The number of imide groups is 1. The highest BCUT2D eigenvalue weighted by Gasteiger charge is 2.64. The lowest BCUT2D eigenvalue weighted by molar-refractivity contribution is -0.384. The van der Waals surface area contributed by atoms with Gasteiger partial charge in [0.15, 0.2) is 5.78 Å². The van der Waals surface area contributed by atoms with Crippen LogP contribution in [0.5, 0.6) is 0 Å². The van der Waals surface area contributed by atoms with Crippen molar-refractivity contribution >= 4 is 68.3 Å². The molecule has 0 aromatic heterocycles. The highest BCUT2D eigenvalue weighted by molar-refractivity contribution is 9.10. The molecule has 3 aliphatic heterocycles. The number of nitrogens with zero attached hydrogens (tertiary/aromatic N) is 3. The molecular weight excluding hydrogens is 574 g/mol. The number of carbonyl (C=O) groups is 3. The van der Waals surface area contributed by atoms with Crippen LogP contribution in [0.4, 0.5) is 17.1 Å². The normalized spacial score (nSPS) is 23.3. The van der Waals surface area contributed by atoms with Crippen LogP contribution in [0.2, 0.25) is 5.02 Å². The lowest BCUT2D eigenvalue weighted by atomic mass is 9.86. The van der Waals surface area contributed by atoms with Gasteiger partial charge in [-0.15, -0.1) is 0 Å². The van der Waals surface area contributed by atoms with Crippen molar-refractivity contribution < 1.29 is 19.3 Å². The van der Waals surface area contributed by atoms with Crippen LogP contribution in [0.25, 0.3) is 6.08 Å². The van der Waals surface area contributed by atoms with Crippen molar-refractivity contribution in [1.29, 1.82) is 0 Å². The van der Waals surface area contributed by atoms with Crippen LogP contribution < -0.4 is 9.80 Å². The van der Waals surface area contributed by atoms with E-state index in [0.717, 1.165) is 14.9 Å². The molecule has 0 radical (unpaired) electrons. The Balaban J connectivity index is 1.50. The van der Waals surface area contributed by atoms with Gasteiger partial charge in [0.2, 0.25) is 11.8 Å². The summed E-state index contributed by atoms with van der Waals surface area (Å²) in [5.74, 6) is -3.13. The minimum Gasteiger partial charge on any atom is -0.352 e. The van der Waals surface area contributed by atoms with E-state index in [2.05, 4.69) is 15.9 Å². The second kappa shape index (κ2) is 8.89. The summed E-state index contributed by atoms with van der Waals surface area (Å²) >= 11 is 9.61. The van der Waals surface area contributed by atoms with Crippen LogP contribution >= 0.6 is 27.5 Å². The topological polar surface area (TPSA) is 101 Å². The number of fused-ring (bicyclic) bond motifs is 5. The van der Waals surface area contributed by atoms with Gasteiger partial charge < -0.3 is 4.90 Å². The number of hydrogen-bond acceptors (Lipinski definition) is 6. The molecule has 2 fully saturated rings. The van der Waals surface area contributed by atoms with Crippen molar-refractivity contribution in [2.45, 2.75) is 19.0 Å². The summed E-state index contributed by atoms with van der Waals surface area (Å²) in [7, 11) is 0. The number of non-ortho nitro benzene ring substituents is 1. The molecule has 3 aliphatic rings. The monoisotopic (exact) mass is 591 g/mol. The number of ketones is 1. The number of rotatable bonds is 4. The van der Waals surface area contributed by atoms with E-state index in [0.29, 0.717) is 21.8 Å². The van der Waals surface area contributed by atoms with E-state index in [1.54, 1.807) is 49.4 Å². The molecule has 3 aromatic rings. The molecule has 3 aromatic carbocycles. The minimum absolute atomic E-state index is 0.164. The Labute approximate surface area is 230 Å². The first-order valence-electron chi connectivity index (χ1n) is 11.9. The lowest BCUT2D eigenvalue weighted by Gasteiger charge is -2.36. The summed E-state index contributed by atoms with van der Waals surface area (Å²) in [5, 5.41) is 12.0. The first-order chi connectivity index (χ1) is 18.2. The van der Waals surface area contributed by atoms with Gasteiger partial charge in [-0.3, -0.25) is 24.5 Å². The number of Topliss-reactive ketones (excluding diaryl/α,β-unsaturated/α-hetero) is 1. The third-order valence-corrected chi connectivity index (χ3v) is 8.27. The van der Waals surface area contributed by atoms with Crippen LogP contribution in [0.1, 0.15) is 21.5 Å². The van der Waals surface area contributed by atoms with Crippen molar-refractivity contribution in [3.63, 3.8) is 0 Å². The van der Waals surface area contributed by atoms with Gasteiger partial charge in [0.1, 0.15) is 6.04 Å². The second-order valence-corrected chi connectivity index (χ2v) is 10.9. The maximum atomic E-state index is 14.1. The molecule has 10 heteroatoms. The zero-order valence-electron chi connectivity index (χ0n) is 19.9. The zero-order chi connectivity index (χ0) is 26.9. The molecule has 2 saturated heterocycles.